The van der Waals surface area contributed by atoms with E-state index in [1.807, 2.05) is 11.3 Å². The molecule has 0 unspecified atom stereocenters. The largest absolute Gasteiger partial charge is 0.360 e. The number of hydrogen-bond acceptors (Lipinski definition) is 2. The molecule has 0 saturated carbocycles. The highest BCUT2D eigenvalue weighted by atomic mass is 32.1. The normalized spacial score (nSPS) is 14.6. The topological polar surface area (TPSA) is 9.23 Å². The van der Waals surface area contributed by atoms with Gasteiger partial charge in [0.1, 0.15) is 0 Å². The summed E-state index contributed by atoms with van der Waals surface area (Å²) in [6, 6.07) is 28.1. The summed E-state index contributed by atoms with van der Waals surface area (Å²) < 4.78 is 7.98. The standard InChI is InChI=1S/C25H20OS/c1-2-26-25(24-17-20-11-5-8-14-23(20)27-24)21-12-6-3-9-18(21)15-16-19-10-4-7-13-22(19)25/h3-17H,2H2,1H3. The van der Waals surface area contributed by atoms with E-state index in [0.29, 0.717) is 6.61 Å². The molecule has 0 radical (unpaired) electrons. The zero-order valence-corrected chi connectivity index (χ0v) is 16.0. The highest BCUT2D eigenvalue weighted by molar-refractivity contribution is 7.19. The number of rotatable bonds is 3. The minimum Gasteiger partial charge on any atom is -0.360 e. The second-order valence-electron chi connectivity index (χ2n) is 6.77. The third-order valence-corrected chi connectivity index (χ3v) is 6.47. The van der Waals surface area contributed by atoms with Crippen LogP contribution in [0.15, 0.2) is 78.9 Å². The van der Waals surface area contributed by atoms with Crippen LogP contribution in [0.4, 0.5) is 0 Å². The van der Waals surface area contributed by atoms with E-state index < -0.39 is 5.60 Å². The summed E-state index contributed by atoms with van der Waals surface area (Å²) in [4.78, 5) is 1.23. The van der Waals surface area contributed by atoms with Crippen molar-refractivity contribution in [1.82, 2.24) is 0 Å². The minimum atomic E-state index is -0.602. The van der Waals surface area contributed by atoms with Gasteiger partial charge in [0, 0.05) is 27.3 Å². The molecule has 1 heterocycles. The van der Waals surface area contributed by atoms with Crippen LogP contribution in [-0.2, 0) is 10.3 Å². The molecule has 0 fully saturated rings. The maximum Gasteiger partial charge on any atom is 0.153 e. The Bertz CT molecular complexity index is 1070. The quantitative estimate of drug-likeness (QED) is 0.390. The van der Waals surface area contributed by atoms with Crippen molar-refractivity contribution >= 4 is 33.6 Å². The molecule has 2 heteroatoms. The molecule has 0 bridgehead atoms. The van der Waals surface area contributed by atoms with Crippen molar-refractivity contribution in [3.05, 3.63) is 106 Å². The average molecular weight is 369 g/mol. The molecular formula is C25H20OS. The van der Waals surface area contributed by atoms with Gasteiger partial charge in [-0.2, -0.15) is 0 Å². The molecule has 27 heavy (non-hydrogen) atoms. The molecule has 1 aliphatic rings. The van der Waals surface area contributed by atoms with Crippen molar-refractivity contribution in [2.75, 3.05) is 6.61 Å². The van der Waals surface area contributed by atoms with E-state index in [1.54, 1.807) is 0 Å². The molecule has 0 spiro atoms. The first-order valence-electron chi connectivity index (χ1n) is 9.33. The Kier molecular flexibility index (Phi) is 3.96. The van der Waals surface area contributed by atoms with Crippen molar-refractivity contribution in [2.24, 2.45) is 0 Å². The van der Waals surface area contributed by atoms with E-state index in [4.69, 9.17) is 4.74 Å². The SMILES string of the molecule is CCOC1(c2cc3ccccc3s2)c2ccccc2C=Cc2ccccc21. The van der Waals surface area contributed by atoms with E-state index in [1.165, 1.54) is 37.2 Å². The first kappa shape index (κ1) is 16.5. The van der Waals surface area contributed by atoms with Crippen LogP contribution in [0.25, 0.3) is 22.2 Å². The minimum absolute atomic E-state index is 0.602. The van der Waals surface area contributed by atoms with Gasteiger partial charge >= 0.3 is 0 Å². The molecule has 1 nitrogen and oxygen atoms in total. The number of hydrogen-bond donors (Lipinski definition) is 0. The molecule has 3 aromatic carbocycles. The smallest absolute Gasteiger partial charge is 0.153 e. The molecule has 0 saturated heterocycles. The molecule has 1 aromatic heterocycles. The molecule has 4 aromatic rings. The Morgan fingerprint density at radius 2 is 1.37 bits per heavy atom. The molecular weight excluding hydrogens is 348 g/mol. The lowest BCUT2D eigenvalue weighted by Crippen LogP contribution is -2.33. The first-order valence-corrected chi connectivity index (χ1v) is 10.1. The van der Waals surface area contributed by atoms with Gasteiger partial charge in [-0.25, -0.2) is 0 Å². The number of ether oxygens (including phenoxy) is 1. The lowest BCUT2D eigenvalue weighted by atomic mass is 9.81. The predicted molar refractivity (Wildman–Crippen MR) is 115 cm³/mol. The van der Waals surface area contributed by atoms with E-state index >= 15 is 0 Å². The Morgan fingerprint density at radius 3 is 2.00 bits per heavy atom. The van der Waals surface area contributed by atoms with Gasteiger partial charge in [0.25, 0.3) is 0 Å². The van der Waals surface area contributed by atoms with Crippen LogP contribution in [0.1, 0.15) is 34.1 Å². The Morgan fingerprint density at radius 1 is 0.778 bits per heavy atom. The molecule has 0 N–H and O–H groups in total. The summed E-state index contributed by atoms with van der Waals surface area (Å²) >= 11 is 1.83. The van der Waals surface area contributed by atoms with E-state index in [9.17, 15) is 0 Å². The second-order valence-corrected chi connectivity index (χ2v) is 7.85. The lowest BCUT2D eigenvalue weighted by Gasteiger charge is -2.35. The van der Waals surface area contributed by atoms with Gasteiger partial charge in [0.05, 0.1) is 0 Å². The fourth-order valence-electron chi connectivity index (χ4n) is 4.11. The van der Waals surface area contributed by atoms with Crippen molar-refractivity contribution in [1.29, 1.82) is 0 Å². The summed E-state index contributed by atoms with van der Waals surface area (Å²) in [5, 5.41) is 1.27. The number of thiophene rings is 1. The molecule has 1 aliphatic carbocycles. The molecule has 0 atom stereocenters. The van der Waals surface area contributed by atoms with Gasteiger partial charge in [-0.1, -0.05) is 78.9 Å². The van der Waals surface area contributed by atoms with E-state index in [-0.39, 0.29) is 0 Å². The van der Waals surface area contributed by atoms with Gasteiger partial charge < -0.3 is 4.74 Å². The highest BCUT2D eigenvalue weighted by Crippen LogP contribution is 2.49. The first-order chi connectivity index (χ1) is 13.3. The summed E-state index contributed by atoms with van der Waals surface area (Å²) in [6.45, 7) is 2.72. The molecule has 132 valence electrons. The predicted octanol–water partition coefficient (Wildman–Crippen LogP) is 6.71. The van der Waals surface area contributed by atoms with Gasteiger partial charge in [0.15, 0.2) is 5.60 Å². The summed E-state index contributed by atoms with van der Waals surface area (Å²) in [7, 11) is 0. The van der Waals surface area contributed by atoms with Crippen LogP contribution in [0.3, 0.4) is 0 Å². The third kappa shape index (κ3) is 2.48. The van der Waals surface area contributed by atoms with Crippen LogP contribution in [0.5, 0.6) is 0 Å². The van der Waals surface area contributed by atoms with Gasteiger partial charge in [0.2, 0.25) is 0 Å². The van der Waals surface area contributed by atoms with Crippen LogP contribution < -0.4 is 0 Å². The summed E-state index contributed by atoms with van der Waals surface area (Å²) in [5.74, 6) is 0. The second kappa shape index (κ2) is 6.49. The Balaban J connectivity index is 1.91. The lowest BCUT2D eigenvalue weighted by molar-refractivity contribution is 0.0242. The van der Waals surface area contributed by atoms with Crippen molar-refractivity contribution < 1.29 is 4.74 Å². The van der Waals surface area contributed by atoms with Crippen LogP contribution >= 0.6 is 11.3 Å². The average Bonchev–Trinajstić information content (AvgIpc) is 3.10. The fraction of sp³-hybridized carbons (Fsp3) is 0.120. The van der Waals surface area contributed by atoms with Crippen LogP contribution in [-0.4, -0.2) is 6.61 Å². The zero-order chi connectivity index (χ0) is 18.3. The zero-order valence-electron chi connectivity index (χ0n) is 15.2. The monoisotopic (exact) mass is 368 g/mol. The molecule has 0 aliphatic heterocycles. The number of fused-ring (bicyclic) bond motifs is 3. The van der Waals surface area contributed by atoms with Gasteiger partial charge in [-0.3, -0.25) is 0 Å². The van der Waals surface area contributed by atoms with Gasteiger partial charge in [-0.15, -0.1) is 11.3 Å². The number of benzene rings is 3. The van der Waals surface area contributed by atoms with Crippen molar-refractivity contribution in [3.8, 4) is 0 Å². The Labute approximate surface area is 163 Å². The fourth-order valence-corrected chi connectivity index (χ4v) is 5.35. The van der Waals surface area contributed by atoms with Crippen LogP contribution in [0, 0.1) is 0 Å². The van der Waals surface area contributed by atoms with Crippen molar-refractivity contribution in [3.63, 3.8) is 0 Å². The van der Waals surface area contributed by atoms with Crippen LogP contribution in [0.2, 0.25) is 0 Å². The van der Waals surface area contributed by atoms with E-state index in [0.717, 1.165) is 0 Å². The van der Waals surface area contributed by atoms with E-state index in [2.05, 4.69) is 97.9 Å². The highest BCUT2D eigenvalue weighted by Gasteiger charge is 2.42. The maximum absolute atomic E-state index is 6.69. The third-order valence-electron chi connectivity index (χ3n) is 5.26. The molecule has 0 amide bonds. The summed E-state index contributed by atoms with van der Waals surface area (Å²) in [6.07, 6.45) is 4.42. The maximum atomic E-state index is 6.69. The Hall–Kier alpha value is -2.68. The molecule has 5 rings (SSSR count). The summed E-state index contributed by atoms with van der Waals surface area (Å²) in [5.41, 5.74) is 4.23. The van der Waals surface area contributed by atoms with Gasteiger partial charge in [-0.05, 0) is 35.6 Å². The van der Waals surface area contributed by atoms with Crippen molar-refractivity contribution in [2.45, 2.75) is 12.5 Å².